The molecular formula is C17H15N3O6. The van der Waals surface area contributed by atoms with E-state index in [1.807, 2.05) is 0 Å². The first-order chi connectivity index (χ1) is 12.4. The van der Waals surface area contributed by atoms with E-state index in [4.69, 9.17) is 9.15 Å². The summed E-state index contributed by atoms with van der Waals surface area (Å²) >= 11 is 0. The monoisotopic (exact) mass is 357 g/mol. The maximum Gasteiger partial charge on any atom is 0.338 e. The van der Waals surface area contributed by atoms with Crippen LogP contribution in [0.1, 0.15) is 18.7 Å². The lowest BCUT2D eigenvalue weighted by Crippen LogP contribution is -2.45. The van der Waals surface area contributed by atoms with Gasteiger partial charge in [0, 0.05) is 11.8 Å². The van der Waals surface area contributed by atoms with Gasteiger partial charge in [0.05, 0.1) is 23.2 Å². The molecule has 0 spiro atoms. The van der Waals surface area contributed by atoms with Crippen LogP contribution in [0.3, 0.4) is 0 Å². The van der Waals surface area contributed by atoms with Crippen molar-refractivity contribution in [2.75, 3.05) is 7.11 Å². The van der Waals surface area contributed by atoms with Crippen LogP contribution in [0.5, 0.6) is 0 Å². The van der Waals surface area contributed by atoms with Gasteiger partial charge >= 0.3 is 12.0 Å². The lowest BCUT2D eigenvalue weighted by Gasteiger charge is -2.26. The zero-order valence-corrected chi connectivity index (χ0v) is 13.9. The SMILES string of the molecule is COC(=O)C1=C(C)NC(=O)N[C@H]1c1ccc(-c2ccccc2[N+](=O)[O-])o1. The molecule has 9 nitrogen and oxygen atoms in total. The predicted octanol–water partition coefficient (Wildman–Crippen LogP) is 2.66. The number of hydrogen-bond donors (Lipinski definition) is 2. The summed E-state index contributed by atoms with van der Waals surface area (Å²) in [6.07, 6.45) is 0. The number of ether oxygens (including phenoxy) is 1. The number of rotatable bonds is 4. The predicted molar refractivity (Wildman–Crippen MR) is 89.9 cm³/mol. The molecule has 9 heteroatoms. The second-order valence-electron chi connectivity index (χ2n) is 5.54. The summed E-state index contributed by atoms with van der Waals surface area (Å²) in [5.41, 5.74) is 0.719. The first-order valence-electron chi connectivity index (χ1n) is 7.62. The molecule has 0 aliphatic carbocycles. The fraction of sp³-hybridized carbons (Fsp3) is 0.176. The smallest absolute Gasteiger partial charge is 0.338 e. The van der Waals surface area contributed by atoms with Crippen LogP contribution in [0.15, 0.2) is 52.1 Å². The molecule has 2 aromatic rings. The Labute approximate surface area is 147 Å². The van der Waals surface area contributed by atoms with Gasteiger partial charge in [-0.2, -0.15) is 0 Å². The fourth-order valence-electron chi connectivity index (χ4n) is 2.78. The Morgan fingerprint density at radius 1 is 1.27 bits per heavy atom. The molecule has 0 radical (unpaired) electrons. The Balaban J connectivity index is 2.04. The van der Waals surface area contributed by atoms with Crippen molar-refractivity contribution < 1.29 is 23.7 Å². The lowest BCUT2D eigenvalue weighted by molar-refractivity contribution is -0.384. The van der Waals surface area contributed by atoms with Crippen LogP contribution in [0.2, 0.25) is 0 Å². The highest BCUT2D eigenvalue weighted by Crippen LogP contribution is 2.35. The van der Waals surface area contributed by atoms with Crippen molar-refractivity contribution in [1.82, 2.24) is 10.6 Å². The summed E-state index contributed by atoms with van der Waals surface area (Å²) in [7, 11) is 1.23. The largest absolute Gasteiger partial charge is 0.466 e. The normalized spacial score (nSPS) is 16.7. The maximum absolute atomic E-state index is 12.1. The van der Waals surface area contributed by atoms with Gasteiger partial charge in [0.25, 0.3) is 5.69 Å². The van der Waals surface area contributed by atoms with Gasteiger partial charge in [-0.3, -0.25) is 10.1 Å². The van der Waals surface area contributed by atoms with Gasteiger partial charge in [0.1, 0.15) is 17.6 Å². The lowest BCUT2D eigenvalue weighted by atomic mass is 10.0. The highest BCUT2D eigenvalue weighted by molar-refractivity contribution is 5.94. The molecule has 26 heavy (non-hydrogen) atoms. The van der Waals surface area contributed by atoms with Gasteiger partial charge in [0.15, 0.2) is 0 Å². The first-order valence-corrected chi connectivity index (χ1v) is 7.62. The van der Waals surface area contributed by atoms with E-state index in [-0.39, 0.29) is 22.8 Å². The van der Waals surface area contributed by atoms with E-state index in [0.717, 1.165) is 0 Å². The number of benzene rings is 1. The Bertz CT molecular complexity index is 930. The van der Waals surface area contributed by atoms with Crippen molar-refractivity contribution in [3.63, 3.8) is 0 Å². The van der Waals surface area contributed by atoms with Gasteiger partial charge in [0.2, 0.25) is 0 Å². The summed E-state index contributed by atoms with van der Waals surface area (Å²) in [4.78, 5) is 34.6. The first kappa shape index (κ1) is 17.2. The number of furan rings is 1. The average Bonchev–Trinajstić information content (AvgIpc) is 3.10. The molecule has 1 aromatic heterocycles. The molecule has 1 aliphatic heterocycles. The molecule has 1 aliphatic rings. The summed E-state index contributed by atoms with van der Waals surface area (Å²) in [6.45, 7) is 1.57. The number of nitro benzene ring substituents is 1. The third-order valence-corrected chi connectivity index (χ3v) is 3.95. The van der Waals surface area contributed by atoms with Crippen molar-refractivity contribution in [2.45, 2.75) is 13.0 Å². The minimum atomic E-state index is -0.868. The van der Waals surface area contributed by atoms with Crippen molar-refractivity contribution in [1.29, 1.82) is 0 Å². The fourth-order valence-corrected chi connectivity index (χ4v) is 2.78. The number of amides is 2. The Morgan fingerprint density at radius 3 is 2.69 bits per heavy atom. The molecule has 134 valence electrons. The number of nitro groups is 1. The molecule has 1 atom stereocenters. The third kappa shape index (κ3) is 3.02. The molecular weight excluding hydrogens is 342 g/mol. The molecule has 2 N–H and O–H groups in total. The minimum Gasteiger partial charge on any atom is -0.466 e. The number of para-hydroxylation sites is 1. The second kappa shape index (κ2) is 6.71. The molecule has 3 rings (SSSR count). The number of nitrogens with one attached hydrogen (secondary N) is 2. The molecule has 0 unspecified atom stereocenters. The van der Waals surface area contributed by atoms with Crippen LogP contribution in [-0.2, 0) is 9.53 Å². The van der Waals surface area contributed by atoms with E-state index in [9.17, 15) is 19.7 Å². The summed E-state index contributed by atoms with van der Waals surface area (Å²) in [5.74, 6) is -0.113. The van der Waals surface area contributed by atoms with Crippen LogP contribution >= 0.6 is 0 Å². The van der Waals surface area contributed by atoms with E-state index >= 15 is 0 Å². The number of allylic oxidation sites excluding steroid dienone is 1. The second-order valence-corrected chi connectivity index (χ2v) is 5.54. The number of nitrogens with zero attached hydrogens (tertiary/aromatic N) is 1. The van der Waals surface area contributed by atoms with Crippen LogP contribution in [0, 0.1) is 10.1 Å². The molecule has 0 bridgehead atoms. The Morgan fingerprint density at radius 2 is 2.00 bits per heavy atom. The Hall–Kier alpha value is -3.62. The molecule has 0 saturated heterocycles. The third-order valence-electron chi connectivity index (χ3n) is 3.95. The Kier molecular flexibility index (Phi) is 4.44. The van der Waals surface area contributed by atoms with Crippen LogP contribution in [0.4, 0.5) is 10.5 Å². The van der Waals surface area contributed by atoms with E-state index < -0.39 is 23.0 Å². The molecule has 2 heterocycles. The van der Waals surface area contributed by atoms with Gasteiger partial charge in [-0.05, 0) is 25.1 Å². The minimum absolute atomic E-state index is 0.109. The number of carbonyl (C=O) groups excluding carboxylic acids is 2. The zero-order chi connectivity index (χ0) is 18.8. The van der Waals surface area contributed by atoms with Crippen LogP contribution < -0.4 is 10.6 Å². The van der Waals surface area contributed by atoms with Crippen LogP contribution in [0.25, 0.3) is 11.3 Å². The van der Waals surface area contributed by atoms with E-state index in [1.54, 1.807) is 37.3 Å². The number of hydrogen-bond acceptors (Lipinski definition) is 6. The molecule has 2 amide bonds. The topological polar surface area (TPSA) is 124 Å². The summed E-state index contributed by atoms with van der Waals surface area (Å²) in [6, 6.07) is 7.88. The number of carbonyl (C=O) groups is 2. The average molecular weight is 357 g/mol. The van der Waals surface area contributed by atoms with Crippen molar-refractivity contribution in [3.8, 4) is 11.3 Å². The number of esters is 1. The van der Waals surface area contributed by atoms with Crippen molar-refractivity contribution in [2.24, 2.45) is 0 Å². The standard InChI is InChI=1S/C17H15N3O6/c1-9-14(16(21)25-2)15(19-17(22)18-9)13-8-7-12(26-13)10-5-3-4-6-11(10)20(23)24/h3-8,15H,1-2H3,(H2,18,19,22)/t15-/m0/s1. The molecule has 0 fully saturated rings. The van der Waals surface area contributed by atoms with E-state index in [0.29, 0.717) is 11.3 Å². The van der Waals surface area contributed by atoms with Gasteiger partial charge in [-0.15, -0.1) is 0 Å². The summed E-state index contributed by atoms with van der Waals surface area (Å²) < 4.78 is 10.5. The molecule has 1 aromatic carbocycles. The van der Waals surface area contributed by atoms with Gasteiger partial charge in [-0.25, -0.2) is 9.59 Å². The number of urea groups is 1. The van der Waals surface area contributed by atoms with Gasteiger partial charge in [-0.1, -0.05) is 12.1 Å². The van der Waals surface area contributed by atoms with E-state index in [2.05, 4.69) is 10.6 Å². The quantitative estimate of drug-likeness (QED) is 0.492. The van der Waals surface area contributed by atoms with Crippen LogP contribution in [-0.4, -0.2) is 24.0 Å². The van der Waals surface area contributed by atoms with Crippen molar-refractivity contribution >= 4 is 17.7 Å². The number of methoxy groups -OCH3 is 1. The van der Waals surface area contributed by atoms with Gasteiger partial charge < -0.3 is 19.8 Å². The highest BCUT2D eigenvalue weighted by atomic mass is 16.6. The highest BCUT2D eigenvalue weighted by Gasteiger charge is 2.34. The summed E-state index contributed by atoms with van der Waals surface area (Å²) in [5, 5.41) is 16.3. The molecule has 0 saturated carbocycles. The zero-order valence-electron chi connectivity index (χ0n) is 13.9. The van der Waals surface area contributed by atoms with Crippen molar-refractivity contribution in [3.05, 3.63) is 63.5 Å². The maximum atomic E-state index is 12.1. The van der Waals surface area contributed by atoms with E-state index in [1.165, 1.54) is 13.2 Å².